The van der Waals surface area contributed by atoms with Crippen LogP contribution in [0.25, 0.3) is 0 Å². The van der Waals surface area contributed by atoms with Crippen molar-refractivity contribution in [2.45, 2.75) is 26.3 Å². The highest BCUT2D eigenvalue weighted by Gasteiger charge is 2.43. The lowest BCUT2D eigenvalue weighted by Gasteiger charge is -2.40. The van der Waals surface area contributed by atoms with Crippen molar-refractivity contribution in [2.75, 3.05) is 18.4 Å². The second-order valence-corrected chi connectivity index (χ2v) is 5.44. The Balaban J connectivity index is 2.25. The summed E-state index contributed by atoms with van der Waals surface area (Å²) in [6.45, 7) is 5.91. The van der Waals surface area contributed by atoms with Crippen LogP contribution < -0.4 is 10.6 Å². The smallest absolute Gasteiger partial charge is 0.255 e. The van der Waals surface area contributed by atoms with E-state index >= 15 is 0 Å². The maximum atomic E-state index is 12.5. The fraction of sp³-hybridized carbons (Fsp3) is 0.400. The van der Waals surface area contributed by atoms with Crippen LogP contribution in [-0.2, 0) is 9.59 Å². The lowest BCUT2D eigenvalue weighted by Crippen LogP contribution is -2.65. The van der Waals surface area contributed by atoms with E-state index in [9.17, 15) is 14.4 Å². The molecule has 0 radical (unpaired) electrons. The molecular formula is C15H19N3O3. The van der Waals surface area contributed by atoms with Gasteiger partial charge < -0.3 is 10.2 Å². The van der Waals surface area contributed by atoms with Gasteiger partial charge in [-0.05, 0) is 45.0 Å². The number of piperazine rings is 1. The third kappa shape index (κ3) is 2.89. The van der Waals surface area contributed by atoms with E-state index in [1.807, 2.05) is 6.92 Å². The van der Waals surface area contributed by atoms with E-state index in [1.54, 1.807) is 38.1 Å². The van der Waals surface area contributed by atoms with Gasteiger partial charge in [-0.15, -0.1) is 0 Å². The quantitative estimate of drug-likeness (QED) is 0.814. The van der Waals surface area contributed by atoms with Crippen molar-refractivity contribution < 1.29 is 14.4 Å². The molecule has 0 bridgehead atoms. The van der Waals surface area contributed by atoms with Gasteiger partial charge in [0.1, 0.15) is 12.1 Å². The van der Waals surface area contributed by atoms with Gasteiger partial charge in [-0.25, -0.2) is 0 Å². The predicted octanol–water partition coefficient (Wildman–Crippen LogP) is 0.996. The van der Waals surface area contributed by atoms with Crippen molar-refractivity contribution in [1.82, 2.24) is 10.2 Å². The Labute approximate surface area is 123 Å². The maximum absolute atomic E-state index is 12.5. The highest BCUT2D eigenvalue weighted by molar-refractivity contribution is 6.08. The second kappa shape index (κ2) is 5.55. The molecular weight excluding hydrogens is 270 g/mol. The van der Waals surface area contributed by atoms with Gasteiger partial charge in [0, 0.05) is 17.8 Å². The number of rotatable bonds is 3. The lowest BCUT2D eigenvalue weighted by atomic mass is 9.97. The van der Waals surface area contributed by atoms with Crippen LogP contribution in [0.2, 0.25) is 0 Å². The van der Waals surface area contributed by atoms with Crippen molar-refractivity contribution in [3.8, 4) is 0 Å². The zero-order valence-electron chi connectivity index (χ0n) is 12.4. The summed E-state index contributed by atoms with van der Waals surface area (Å²) >= 11 is 0. The molecule has 1 fully saturated rings. The van der Waals surface area contributed by atoms with Crippen LogP contribution in [0, 0.1) is 0 Å². The molecule has 0 unspecified atom stereocenters. The van der Waals surface area contributed by atoms with Crippen LogP contribution in [0.4, 0.5) is 5.69 Å². The number of benzene rings is 1. The molecule has 1 aliphatic rings. The molecule has 2 rings (SSSR count). The fourth-order valence-electron chi connectivity index (χ4n) is 2.20. The molecule has 2 N–H and O–H groups in total. The monoisotopic (exact) mass is 289 g/mol. The zero-order valence-corrected chi connectivity index (χ0v) is 12.4. The first-order valence-corrected chi connectivity index (χ1v) is 6.86. The van der Waals surface area contributed by atoms with Gasteiger partial charge in [-0.3, -0.25) is 19.7 Å². The zero-order chi connectivity index (χ0) is 15.6. The molecule has 0 atom stereocenters. The summed E-state index contributed by atoms with van der Waals surface area (Å²) in [5, 5.41) is 5.39. The summed E-state index contributed by atoms with van der Waals surface area (Å²) in [7, 11) is 0. The number of anilines is 1. The van der Waals surface area contributed by atoms with Crippen LogP contribution in [0.15, 0.2) is 24.3 Å². The van der Waals surface area contributed by atoms with Crippen molar-refractivity contribution in [2.24, 2.45) is 0 Å². The number of imide groups is 1. The van der Waals surface area contributed by atoms with Gasteiger partial charge >= 0.3 is 0 Å². The van der Waals surface area contributed by atoms with Crippen LogP contribution in [0.5, 0.6) is 0 Å². The van der Waals surface area contributed by atoms with E-state index in [2.05, 4.69) is 10.6 Å². The molecule has 0 aliphatic carbocycles. The van der Waals surface area contributed by atoms with Crippen molar-refractivity contribution in [3.63, 3.8) is 0 Å². The van der Waals surface area contributed by atoms with Crippen LogP contribution >= 0.6 is 0 Å². The predicted molar refractivity (Wildman–Crippen MR) is 78.9 cm³/mol. The minimum Gasteiger partial charge on any atom is -0.385 e. The average molecular weight is 289 g/mol. The van der Waals surface area contributed by atoms with E-state index < -0.39 is 17.4 Å². The maximum Gasteiger partial charge on any atom is 0.255 e. The fourth-order valence-corrected chi connectivity index (χ4v) is 2.20. The van der Waals surface area contributed by atoms with Crippen molar-refractivity contribution in [3.05, 3.63) is 29.8 Å². The molecule has 1 aliphatic heterocycles. The topological polar surface area (TPSA) is 78.5 Å². The SMILES string of the molecule is CCNc1ccc(C(=O)N2CC(=O)NC(=O)C2(C)C)cc1. The molecule has 0 saturated carbocycles. The van der Waals surface area contributed by atoms with Gasteiger partial charge in [0.15, 0.2) is 0 Å². The summed E-state index contributed by atoms with van der Waals surface area (Å²) in [5.74, 6) is -1.25. The van der Waals surface area contributed by atoms with E-state index in [0.717, 1.165) is 12.2 Å². The Morgan fingerprint density at radius 2 is 1.90 bits per heavy atom. The van der Waals surface area contributed by atoms with Gasteiger partial charge in [0.2, 0.25) is 5.91 Å². The molecule has 21 heavy (non-hydrogen) atoms. The first-order valence-electron chi connectivity index (χ1n) is 6.86. The number of hydrogen-bond donors (Lipinski definition) is 2. The Morgan fingerprint density at radius 1 is 1.29 bits per heavy atom. The summed E-state index contributed by atoms with van der Waals surface area (Å²) in [6, 6.07) is 6.98. The number of nitrogens with one attached hydrogen (secondary N) is 2. The highest BCUT2D eigenvalue weighted by atomic mass is 16.2. The first kappa shape index (κ1) is 15.0. The van der Waals surface area contributed by atoms with Gasteiger partial charge in [-0.2, -0.15) is 0 Å². The van der Waals surface area contributed by atoms with Crippen LogP contribution in [0.1, 0.15) is 31.1 Å². The lowest BCUT2D eigenvalue weighted by molar-refractivity contribution is -0.143. The van der Waals surface area contributed by atoms with E-state index in [4.69, 9.17) is 0 Å². The van der Waals surface area contributed by atoms with Crippen LogP contribution in [-0.4, -0.2) is 41.2 Å². The summed E-state index contributed by atoms with van der Waals surface area (Å²) in [4.78, 5) is 37.2. The first-order chi connectivity index (χ1) is 9.86. The molecule has 112 valence electrons. The molecule has 0 spiro atoms. The standard InChI is InChI=1S/C15H19N3O3/c1-4-16-11-7-5-10(6-8-11)13(20)18-9-12(19)17-14(21)15(18,2)3/h5-8,16H,4,9H2,1-3H3,(H,17,19,21). The molecule has 1 heterocycles. The van der Waals surface area contributed by atoms with Crippen molar-refractivity contribution >= 4 is 23.4 Å². The summed E-state index contributed by atoms with van der Waals surface area (Å²) in [6.07, 6.45) is 0. The third-order valence-corrected chi connectivity index (χ3v) is 3.54. The molecule has 1 aromatic rings. The largest absolute Gasteiger partial charge is 0.385 e. The molecule has 6 heteroatoms. The molecule has 6 nitrogen and oxygen atoms in total. The van der Waals surface area contributed by atoms with Gasteiger partial charge in [0.05, 0.1) is 0 Å². The molecule has 3 amide bonds. The van der Waals surface area contributed by atoms with E-state index in [0.29, 0.717) is 5.56 Å². The number of nitrogens with zero attached hydrogens (tertiary/aromatic N) is 1. The Hall–Kier alpha value is -2.37. The van der Waals surface area contributed by atoms with E-state index in [1.165, 1.54) is 4.90 Å². The Morgan fingerprint density at radius 3 is 2.48 bits per heavy atom. The average Bonchev–Trinajstić information content (AvgIpc) is 2.44. The molecule has 0 aromatic heterocycles. The normalized spacial score (nSPS) is 17.4. The minimum absolute atomic E-state index is 0.119. The van der Waals surface area contributed by atoms with Crippen LogP contribution in [0.3, 0.4) is 0 Å². The highest BCUT2D eigenvalue weighted by Crippen LogP contribution is 2.21. The minimum atomic E-state index is -1.05. The Bertz CT molecular complexity index is 578. The van der Waals surface area contributed by atoms with Crippen molar-refractivity contribution in [1.29, 1.82) is 0 Å². The summed E-state index contributed by atoms with van der Waals surface area (Å²) < 4.78 is 0. The number of carbonyl (C=O) groups is 3. The third-order valence-electron chi connectivity index (χ3n) is 3.54. The Kier molecular flexibility index (Phi) is 3.97. The number of hydrogen-bond acceptors (Lipinski definition) is 4. The summed E-state index contributed by atoms with van der Waals surface area (Å²) in [5.41, 5.74) is 0.318. The molecule has 1 aromatic carbocycles. The van der Waals surface area contributed by atoms with E-state index in [-0.39, 0.29) is 12.5 Å². The molecule has 1 saturated heterocycles. The number of amides is 3. The number of carbonyl (C=O) groups excluding carboxylic acids is 3. The van der Waals surface area contributed by atoms with Gasteiger partial charge in [0.25, 0.3) is 11.8 Å². The second-order valence-electron chi connectivity index (χ2n) is 5.44. The van der Waals surface area contributed by atoms with Gasteiger partial charge in [-0.1, -0.05) is 0 Å².